The van der Waals surface area contributed by atoms with E-state index in [0.717, 1.165) is 6.42 Å². The maximum Gasteiger partial charge on any atom is 0.232 e. The Morgan fingerprint density at radius 1 is 1.42 bits per heavy atom. The van der Waals surface area contributed by atoms with Crippen LogP contribution in [-0.4, -0.2) is 45.5 Å². The second kappa shape index (κ2) is 8.87. The number of ketones is 1. The SMILES string of the molecule is C=C[C@@H](C)Oc1cnc(C(=O)Cc2ccc(F)c([C@@]3(C)N=C(N)S[C@@]4(COC)C[C@H]43)c2)cn1. The molecule has 0 saturated heterocycles. The highest BCUT2D eigenvalue weighted by molar-refractivity contribution is 8.15. The van der Waals surface area contributed by atoms with Gasteiger partial charge in [0.15, 0.2) is 11.0 Å². The number of rotatable bonds is 9. The van der Waals surface area contributed by atoms with Crippen LogP contribution in [0.5, 0.6) is 5.88 Å². The van der Waals surface area contributed by atoms with Gasteiger partial charge in [-0.1, -0.05) is 30.5 Å². The molecule has 1 fully saturated rings. The van der Waals surface area contributed by atoms with E-state index >= 15 is 0 Å². The number of nitrogens with zero attached hydrogens (tertiary/aromatic N) is 3. The summed E-state index contributed by atoms with van der Waals surface area (Å²) in [5.41, 5.74) is 6.62. The van der Waals surface area contributed by atoms with Gasteiger partial charge in [-0.05, 0) is 38.0 Å². The van der Waals surface area contributed by atoms with Gasteiger partial charge in [0.1, 0.15) is 17.6 Å². The van der Waals surface area contributed by atoms with Crippen molar-refractivity contribution in [1.29, 1.82) is 0 Å². The number of benzene rings is 1. The lowest BCUT2D eigenvalue weighted by atomic mass is 9.84. The fourth-order valence-electron chi connectivity index (χ4n) is 4.44. The van der Waals surface area contributed by atoms with Gasteiger partial charge in [0.25, 0.3) is 0 Å². The van der Waals surface area contributed by atoms with E-state index in [-0.39, 0.29) is 40.5 Å². The zero-order valence-corrected chi connectivity index (χ0v) is 19.7. The number of hydrogen-bond donors (Lipinski definition) is 1. The molecule has 1 saturated carbocycles. The van der Waals surface area contributed by atoms with E-state index < -0.39 is 5.54 Å². The highest BCUT2D eigenvalue weighted by Crippen LogP contribution is 2.65. The summed E-state index contributed by atoms with van der Waals surface area (Å²) in [5.74, 6) is -0.187. The molecule has 0 bridgehead atoms. The molecule has 2 heterocycles. The zero-order valence-electron chi connectivity index (χ0n) is 18.9. The molecule has 7 nitrogen and oxygen atoms in total. The molecule has 1 aromatic carbocycles. The van der Waals surface area contributed by atoms with E-state index in [9.17, 15) is 9.18 Å². The molecule has 1 aliphatic heterocycles. The number of Topliss-reactive ketones (excluding diaryl/α,β-unsaturated/α-hetero) is 1. The summed E-state index contributed by atoms with van der Waals surface area (Å²) < 4.78 is 25.7. The minimum Gasteiger partial charge on any atom is -0.469 e. The van der Waals surface area contributed by atoms with Crippen LogP contribution in [0.1, 0.15) is 41.9 Å². The first-order chi connectivity index (χ1) is 15.7. The van der Waals surface area contributed by atoms with Crippen LogP contribution in [0.25, 0.3) is 0 Å². The average Bonchev–Trinajstić information content (AvgIpc) is 3.50. The number of thioether (sulfide) groups is 1. The van der Waals surface area contributed by atoms with Gasteiger partial charge in [-0.15, -0.1) is 0 Å². The van der Waals surface area contributed by atoms with Crippen LogP contribution in [0.4, 0.5) is 4.39 Å². The molecule has 2 N–H and O–H groups in total. The van der Waals surface area contributed by atoms with Crippen LogP contribution >= 0.6 is 11.8 Å². The molecule has 0 unspecified atom stereocenters. The Balaban J connectivity index is 1.55. The normalized spacial score (nSPS) is 26.7. The molecular formula is C24H27FN4O3S. The van der Waals surface area contributed by atoms with Crippen molar-refractivity contribution in [3.63, 3.8) is 0 Å². The number of amidine groups is 1. The Hall–Kier alpha value is -2.78. The molecule has 174 valence electrons. The third kappa shape index (κ3) is 4.52. The van der Waals surface area contributed by atoms with Crippen molar-refractivity contribution >= 4 is 22.7 Å². The number of carbonyl (C=O) groups excluding carboxylic acids is 1. The Morgan fingerprint density at radius 3 is 2.88 bits per heavy atom. The van der Waals surface area contributed by atoms with Crippen LogP contribution in [-0.2, 0) is 16.7 Å². The second-order valence-electron chi connectivity index (χ2n) is 8.67. The molecule has 0 radical (unpaired) electrons. The number of methoxy groups -OCH3 is 1. The van der Waals surface area contributed by atoms with E-state index in [0.29, 0.717) is 28.8 Å². The first kappa shape index (κ1) is 23.4. The van der Waals surface area contributed by atoms with Crippen molar-refractivity contribution in [2.24, 2.45) is 16.6 Å². The van der Waals surface area contributed by atoms with Gasteiger partial charge >= 0.3 is 0 Å². The maximum absolute atomic E-state index is 15.0. The van der Waals surface area contributed by atoms with Crippen molar-refractivity contribution in [3.05, 3.63) is 65.9 Å². The van der Waals surface area contributed by atoms with E-state index in [1.54, 1.807) is 25.3 Å². The van der Waals surface area contributed by atoms with Gasteiger partial charge in [-0.25, -0.2) is 14.4 Å². The van der Waals surface area contributed by atoms with Crippen LogP contribution in [0.15, 0.2) is 48.2 Å². The van der Waals surface area contributed by atoms with Crippen molar-refractivity contribution in [2.75, 3.05) is 13.7 Å². The summed E-state index contributed by atoms with van der Waals surface area (Å²) in [6, 6.07) is 4.71. The van der Waals surface area contributed by atoms with Gasteiger partial charge in [0.2, 0.25) is 5.88 Å². The smallest absolute Gasteiger partial charge is 0.232 e. The predicted molar refractivity (Wildman–Crippen MR) is 126 cm³/mol. The predicted octanol–water partition coefficient (Wildman–Crippen LogP) is 3.68. The Kier molecular flexibility index (Phi) is 6.28. The summed E-state index contributed by atoms with van der Waals surface area (Å²) in [6.07, 6.45) is 5.10. The maximum atomic E-state index is 15.0. The molecule has 0 spiro atoms. The van der Waals surface area contributed by atoms with Crippen molar-refractivity contribution in [2.45, 2.75) is 43.1 Å². The quantitative estimate of drug-likeness (QED) is 0.441. The van der Waals surface area contributed by atoms with E-state index in [2.05, 4.69) is 21.5 Å². The summed E-state index contributed by atoms with van der Waals surface area (Å²) in [5, 5.41) is 0.424. The van der Waals surface area contributed by atoms with Gasteiger partial charge in [0.05, 0.1) is 29.3 Å². The minimum absolute atomic E-state index is 0.0587. The summed E-state index contributed by atoms with van der Waals surface area (Å²) >= 11 is 1.50. The zero-order chi connectivity index (χ0) is 23.8. The molecule has 2 aromatic rings. The third-order valence-electron chi connectivity index (χ3n) is 6.24. The standard InChI is InChI=1S/C24H27FN4O3S/c1-5-14(2)32-21-12-27-18(11-28-21)19(30)9-15-6-7-17(25)16(8-15)23(3)20-10-24(20,13-31-4)33-22(26)29-23/h5-8,11-12,14,20H,1,9-10,13H2,2-4H3,(H2,26,29)/t14-,20+,23-,24-/m1/s1. The van der Waals surface area contributed by atoms with Gasteiger partial charge in [0, 0.05) is 25.0 Å². The summed E-state index contributed by atoms with van der Waals surface area (Å²) in [7, 11) is 1.65. The molecule has 9 heteroatoms. The lowest BCUT2D eigenvalue weighted by Crippen LogP contribution is -2.37. The molecule has 2 aliphatic rings. The van der Waals surface area contributed by atoms with Gasteiger partial charge in [-0.3, -0.25) is 9.79 Å². The van der Waals surface area contributed by atoms with E-state index in [1.807, 2.05) is 13.8 Å². The number of aromatic nitrogens is 2. The number of ether oxygens (including phenoxy) is 2. The van der Waals surface area contributed by atoms with Crippen LogP contribution in [0, 0.1) is 11.7 Å². The molecule has 0 amide bonds. The van der Waals surface area contributed by atoms with E-state index in [4.69, 9.17) is 15.2 Å². The minimum atomic E-state index is -0.822. The van der Waals surface area contributed by atoms with Crippen molar-refractivity contribution in [3.8, 4) is 5.88 Å². The van der Waals surface area contributed by atoms with Crippen LogP contribution in [0.3, 0.4) is 0 Å². The molecular weight excluding hydrogens is 443 g/mol. The monoisotopic (exact) mass is 470 g/mol. The van der Waals surface area contributed by atoms with Gasteiger partial charge < -0.3 is 15.2 Å². The lowest BCUT2D eigenvalue weighted by Gasteiger charge is -2.34. The van der Waals surface area contributed by atoms with Gasteiger partial charge in [-0.2, -0.15) is 0 Å². The number of halogens is 1. The van der Waals surface area contributed by atoms with Crippen molar-refractivity contribution in [1.82, 2.24) is 9.97 Å². The number of aliphatic imine (C=N–C) groups is 1. The first-order valence-electron chi connectivity index (χ1n) is 10.7. The fourth-order valence-corrected chi connectivity index (χ4v) is 5.89. The molecule has 4 atom stereocenters. The summed E-state index contributed by atoms with van der Waals surface area (Å²) in [6.45, 7) is 7.90. The molecule has 33 heavy (non-hydrogen) atoms. The van der Waals surface area contributed by atoms with E-state index in [1.165, 1.54) is 30.2 Å². The largest absolute Gasteiger partial charge is 0.469 e. The molecule has 1 aromatic heterocycles. The number of carbonyl (C=O) groups is 1. The average molecular weight is 471 g/mol. The lowest BCUT2D eigenvalue weighted by molar-refractivity contribution is 0.0987. The second-order valence-corrected chi connectivity index (χ2v) is 10.1. The molecule has 4 rings (SSSR count). The highest BCUT2D eigenvalue weighted by Gasteiger charge is 2.66. The van der Waals surface area contributed by atoms with Crippen molar-refractivity contribution < 1.29 is 18.7 Å². The number of nitrogens with two attached hydrogens (primary N) is 1. The number of fused-ring (bicyclic) bond motifs is 1. The Labute approximate surface area is 196 Å². The topological polar surface area (TPSA) is 99.7 Å². The van der Waals surface area contributed by atoms with Crippen LogP contribution < -0.4 is 10.5 Å². The summed E-state index contributed by atoms with van der Waals surface area (Å²) in [4.78, 5) is 25.7. The molecule has 1 aliphatic carbocycles. The first-order valence-corrected chi connectivity index (χ1v) is 11.5. The highest BCUT2D eigenvalue weighted by atomic mass is 32.2. The third-order valence-corrected chi connectivity index (χ3v) is 7.51. The Morgan fingerprint density at radius 2 is 2.21 bits per heavy atom. The number of hydrogen-bond acceptors (Lipinski definition) is 8. The fraction of sp³-hybridized carbons (Fsp3) is 0.417. The Bertz CT molecular complexity index is 1110. The van der Waals surface area contributed by atoms with Crippen LogP contribution in [0.2, 0.25) is 0 Å².